The average molecular weight is 353 g/mol. The fraction of sp³-hybridized carbons (Fsp3) is 0.350. The molecule has 0 saturated carbocycles. The van der Waals surface area contributed by atoms with Gasteiger partial charge in [-0.3, -0.25) is 9.59 Å². The van der Waals surface area contributed by atoms with Crippen LogP contribution in [0.2, 0.25) is 0 Å². The van der Waals surface area contributed by atoms with Gasteiger partial charge in [0.25, 0.3) is 11.8 Å². The highest BCUT2D eigenvalue weighted by Crippen LogP contribution is 2.19. The second-order valence-electron chi connectivity index (χ2n) is 6.47. The average Bonchev–Trinajstić information content (AvgIpc) is 3.07. The number of aromatic nitrogens is 1. The van der Waals surface area contributed by atoms with Gasteiger partial charge in [0.15, 0.2) is 5.82 Å². The van der Waals surface area contributed by atoms with Crippen LogP contribution < -0.4 is 10.6 Å². The first-order chi connectivity index (χ1) is 12.6. The predicted molar refractivity (Wildman–Crippen MR) is 99.1 cm³/mol. The van der Waals surface area contributed by atoms with Crippen molar-refractivity contribution in [3.8, 4) is 0 Å². The molecule has 0 saturated heterocycles. The molecule has 0 aliphatic heterocycles. The molecular formula is C20H23N3O3. The van der Waals surface area contributed by atoms with Crippen molar-refractivity contribution in [2.24, 2.45) is 0 Å². The van der Waals surface area contributed by atoms with E-state index < -0.39 is 0 Å². The van der Waals surface area contributed by atoms with E-state index in [4.69, 9.17) is 4.52 Å². The highest BCUT2D eigenvalue weighted by molar-refractivity contribution is 6.04. The largest absolute Gasteiger partial charge is 0.360 e. The number of rotatable bonds is 6. The summed E-state index contributed by atoms with van der Waals surface area (Å²) in [6.07, 6.45) is 8.01. The molecule has 6 nitrogen and oxygen atoms in total. The van der Waals surface area contributed by atoms with Crippen molar-refractivity contribution in [1.82, 2.24) is 10.5 Å². The van der Waals surface area contributed by atoms with E-state index in [1.54, 1.807) is 37.3 Å². The van der Waals surface area contributed by atoms with Crippen molar-refractivity contribution in [3.05, 3.63) is 58.9 Å². The number of anilines is 1. The summed E-state index contributed by atoms with van der Waals surface area (Å²) >= 11 is 0. The Morgan fingerprint density at radius 2 is 1.85 bits per heavy atom. The summed E-state index contributed by atoms with van der Waals surface area (Å²) < 4.78 is 4.91. The zero-order valence-corrected chi connectivity index (χ0v) is 14.9. The topological polar surface area (TPSA) is 84.2 Å². The van der Waals surface area contributed by atoms with Crippen LogP contribution in [0.5, 0.6) is 0 Å². The Morgan fingerprint density at radius 1 is 1.12 bits per heavy atom. The first-order valence-corrected chi connectivity index (χ1v) is 8.92. The monoisotopic (exact) mass is 353 g/mol. The summed E-state index contributed by atoms with van der Waals surface area (Å²) in [5.41, 5.74) is 2.43. The maximum Gasteiger partial charge on any atom is 0.256 e. The SMILES string of the molecule is Cc1cc(NC(=O)c2ccc(C(=O)NCCC3=CCCCC3)cc2)no1. The maximum absolute atomic E-state index is 12.2. The van der Waals surface area contributed by atoms with Gasteiger partial charge in [-0.2, -0.15) is 0 Å². The summed E-state index contributed by atoms with van der Waals surface area (Å²) in [6, 6.07) is 8.19. The number of aryl methyl sites for hydroxylation is 1. The number of nitrogens with zero attached hydrogens (tertiary/aromatic N) is 1. The number of carbonyl (C=O) groups is 2. The van der Waals surface area contributed by atoms with E-state index in [-0.39, 0.29) is 11.8 Å². The summed E-state index contributed by atoms with van der Waals surface area (Å²) in [6.45, 7) is 2.39. The normalized spacial score (nSPS) is 13.8. The van der Waals surface area contributed by atoms with Crippen LogP contribution in [0.3, 0.4) is 0 Å². The van der Waals surface area contributed by atoms with Gasteiger partial charge >= 0.3 is 0 Å². The van der Waals surface area contributed by atoms with Crippen LogP contribution in [-0.4, -0.2) is 23.5 Å². The molecule has 1 aromatic carbocycles. The molecular weight excluding hydrogens is 330 g/mol. The van der Waals surface area contributed by atoms with E-state index in [1.165, 1.54) is 18.4 Å². The third-order valence-electron chi connectivity index (χ3n) is 4.40. The third-order valence-corrected chi connectivity index (χ3v) is 4.40. The number of hydrogen-bond acceptors (Lipinski definition) is 4. The maximum atomic E-state index is 12.2. The Labute approximate surface area is 152 Å². The Morgan fingerprint density at radius 3 is 2.46 bits per heavy atom. The summed E-state index contributed by atoms with van der Waals surface area (Å²) in [5, 5.41) is 9.31. The van der Waals surface area contributed by atoms with Crippen LogP contribution >= 0.6 is 0 Å². The molecule has 26 heavy (non-hydrogen) atoms. The molecule has 0 unspecified atom stereocenters. The van der Waals surface area contributed by atoms with Crippen molar-refractivity contribution >= 4 is 17.6 Å². The molecule has 0 radical (unpaired) electrons. The quantitative estimate of drug-likeness (QED) is 0.773. The highest BCUT2D eigenvalue weighted by atomic mass is 16.5. The first kappa shape index (κ1) is 17.9. The van der Waals surface area contributed by atoms with Crippen LogP contribution in [0.25, 0.3) is 0 Å². The highest BCUT2D eigenvalue weighted by Gasteiger charge is 2.11. The van der Waals surface area contributed by atoms with Gasteiger partial charge in [0, 0.05) is 23.7 Å². The van der Waals surface area contributed by atoms with Gasteiger partial charge in [-0.1, -0.05) is 16.8 Å². The molecule has 1 heterocycles. The Kier molecular flexibility index (Phi) is 5.84. The van der Waals surface area contributed by atoms with Gasteiger partial charge in [0.2, 0.25) is 0 Å². The molecule has 2 amide bonds. The van der Waals surface area contributed by atoms with Gasteiger partial charge in [-0.15, -0.1) is 0 Å². The van der Waals surface area contributed by atoms with E-state index in [1.807, 2.05) is 0 Å². The molecule has 0 atom stereocenters. The molecule has 0 spiro atoms. The Bertz CT molecular complexity index is 806. The van der Waals surface area contributed by atoms with Gasteiger partial charge in [0.05, 0.1) is 0 Å². The molecule has 2 aromatic rings. The van der Waals surface area contributed by atoms with Gasteiger partial charge in [-0.25, -0.2) is 0 Å². The third kappa shape index (κ3) is 4.81. The molecule has 1 aliphatic rings. The lowest BCUT2D eigenvalue weighted by Gasteiger charge is -2.13. The van der Waals surface area contributed by atoms with E-state index in [0.29, 0.717) is 29.2 Å². The zero-order chi connectivity index (χ0) is 18.4. The zero-order valence-electron chi connectivity index (χ0n) is 14.9. The molecule has 6 heteroatoms. The molecule has 2 N–H and O–H groups in total. The van der Waals surface area contributed by atoms with Crippen molar-refractivity contribution in [2.75, 3.05) is 11.9 Å². The summed E-state index contributed by atoms with van der Waals surface area (Å²) in [5.74, 6) is 0.567. The Balaban J connectivity index is 1.50. The van der Waals surface area contributed by atoms with Crippen LogP contribution in [0.4, 0.5) is 5.82 Å². The number of carbonyl (C=O) groups excluding carboxylic acids is 2. The predicted octanol–water partition coefficient (Wildman–Crippen LogP) is 3.86. The van der Waals surface area contributed by atoms with Crippen molar-refractivity contribution in [3.63, 3.8) is 0 Å². The lowest BCUT2D eigenvalue weighted by Crippen LogP contribution is -2.25. The molecule has 0 fully saturated rings. The van der Waals surface area contributed by atoms with E-state index in [2.05, 4.69) is 21.9 Å². The molecule has 136 valence electrons. The lowest BCUT2D eigenvalue weighted by atomic mass is 9.97. The number of nitrogens with one attached hydrogen (secondary N) is 2. The van der Waals surface area contributed by atoms with E-state index in [0.717, 1.165) is 19.3 Å². The van der Waals surface area contributed by atoms with E-state index >= 15 is 0 Å². The standard InChI is InChI=1S/C20H23N3O3/c1-14-13-18(23-26-14)22-20(25)17-9-7-16(8-10-17)19(24)21-12-11-15-5-3-2-4-6-15/h5,7-10,13H,2-4,6,11-12H2,1H3,(H,21,24)(H,22,23,25). The van der Waals surface area contributed by atoms with Gasteiger partial charge < -0.3 is 15.2 Å². The van der Waals surface area contributed by atoms with Crippen LogP contribution in [0, 0.1) is 6.92 Å². The van der Waals surface area contributed by atoms with Crippen molar-refractivity contribution in [1.29, 1.82) is 0 Å². The van der Waals surface area contributed by atoms with E-state index in [9.17, 15) is 9.59 Å². The number of hydrogen-bond donors (Lipinski definition) is 2. The molecule has 0 bridgehead atoms. The molecule has 1 aliphatic carbocycles. The van der Waals surface area contributed by atoms with Crippen LogP contribution in [0.15, 0.2) is 46.5 Å². The minimum absolute atomic E-state index is 0.125. The summed E-state index contributed by atoms with van der Waals surface area (Å²) in [7, 11) is 0. The number of amides is 2. The number of benzene rings is 1. The second kappa shape index (κ2) is 8.47. The Hall–Kier alpha value is -2.89. The fourth-order valence-electron chi connectivity index (χ4n) is 2.96. The van der Waals surface area contributed by atoms with Crippen molar-refractivity contribution < 1.29 is 14.1 Å². The fourth-order valence-corrected chi connectivity index (χ4v) is 2.96. The molecule has 3 rings (SSSR count). The first-order valence-electron chi connectivity index (χ1n) is 8.92. The minimum Gasteiger partial charge on any atom is -0.360 e. The minimum atomic E-state index is -0.297. The summed E-state index contributed by atoms with van der Waals surface area (Å²) in [4.78, 5) is 24.4. The van der Waals surface area contributed by atoms with Crippen LogP contribution in [0.1, 0.15) is 58.6 Å². The van der Waals surface area contributed by atoms with Crippen molar-refractivity contribution in [2.45, 2.75) is 39.0 Å². The van der Waals surface area contributed by atoms with Gasteiger partial charge in [-0.05, 0) is 63.3 Å². The van der Waals surface area contributed by atoms with Gasteiger partial charge in [0.1, 0.15) is 5.76 Å². The smallest absolute Gasteiger partial charge is 0.256 e. The lowest BCUT2D eigenvalue weighted by molar-refractivity contribution is 0.0952. The second-order valence-corrected chi connectivity index (χ2v) is 6.47. The van der Waals surface area contributed by atoms with Crippen LogP contribution in [-0.2, 0) is 0 Å². The number of allylic oxidation sites excluding steroid dienone is 1. The molecule has 1 aromatic heterocycles.